The van der Waals surface area contributed by atoms with Gasteiger partial charge in [0, 0.05) is 52.0 Å². The number of methoxy groups -OCH3 is 3. The largest absolute Gasteiger partial charge is 0.456 e. The molecule has 0 radical (unpaired) electrons. The van der Waals surface area contributed by atoms with Crippen LogP contribution in [-0.4, -0.2) is 126 Å². The molecule has 13 nitrogen and oxygen atoms in total. The third-order valence-electron chi connectivity index (χ3n) is 12.9. The summed E-state index contributed by atoms with van der Waals surface area (Å²) in [6.07, 6.45) is 4.93. The Labute approximate surface area is 339 Å². The highest BCUT2D eigenvalue weighted by Crippen LogP contribution is 2.39. The van der Waals surface area contributed by atoms with Gasteiger partial charge in [-0.3, -0.25) is 14.4 Å². The van der Waals surface area contributed by atoms with Crippen LogP contribution >= 0.6 is 0 Å². The van der Waals surface area contributed by atoms with E-state index in [1.165, 1.54) is 19.1 Å². The van der Waals surface area contributed by atoms with Crippen molar-refractivity contribution in [2.75, 3.05) is 27.9 Å². The number of rotatable bonds is 7. The van der Waals surface area contributed by atoms with Crippen molar-refractivity contribution in [2.24, 2.45) is 29.6 Å². The number of aliphatic hydroxyl groups excluding tert-OH is 2. The van der Waals surface area contributed by atoms with Crippen molar-refractivity contribution in [3.8, 4) is 0 Å². The van der Waals surface area contributed by atoms with Gasteiger partial charge in [0.15, 0.2) is 0 Å². The fourth-order valence-electron chi connectivity index (χ4n) is 9.42. The lowest BCUT2D eigenvalue weighted by molar-refractivity contribution is -0.302. The number of aliphatic hydroxyl groups is 3. The van der Waals surface area contributed by atoms with Crippen molar-refractivity contribution in [3.63, 3.8) is 0 Å². The van der Waals surface area contributed by atoms with Crippen molar-refractivity contribution in [1.29, 1.82) is 0 Å². The molecule has 14 atom stereocenters. The molecule has 3 fully saturated rings. The number of nitrogens with zero attached hydrogens (tertiary/aromatic N) is 1. The van der Waals surface area contributed by atoms with E-state index in [4.69, 9.17) is 23.7 Å². The summed E-state index contributed by atoms with van der Waals surface area (Å²) in [4.78, 5) is 57.8. The van der Waals surface area contributed by atoms with Gasteiger partial charge in [0.2, 0.25) is 5.79 Å². The summed E-state index contributed by atoms with van der Waals surface area (Å²) in [7, 11) is 4.61. The maximum atomic E-state index is 14.3. The molecule has 4 rings (SSSR count). The summed E-state index contributed by atoms with van der Waals surface area (Å²) in [5, 5.41) is 34.1. The normalized spacial score (nSPS) is 40.1. The molecule has 3 N–H and O–H groups in total. The molecule has 3 aliphatic heterocycles. The average molecular weight is 804 g/mol. The molecule has 13 heteroatoms. The average Bonchev–Trinajstić information content (AvgIpc) is 3.18. The standard InChI is InChI=1S/C44H69NO12/c1-10-13-31-19-25(2)18-26(3)20-37(54-8)40-38(55-9)22-28(5)44(52,57-40)41(49)42(50)45-17-12-11-14-32(45)43(51)56-39(29(6)34(47)24-35(31)48)27(4)21-30-15-16-33(46)36(23-30)53-7/h10,19,21,26,28-34,36-40,46-47,52H,1,11-18,20,22-24H2,2-9H3/t26-,28+,29+,30-,31-,32-,33+,34-,36+,37-,38-,39+,40+,44+/m0/s1. The number of amides is 1. The zero-order valence-electron chi connectivity index (χ0n) is 35.4. The Bertz CT molecular complexity index is 1480. The number of ether oxygens (including phenoxy) is 5. The Morgan fingerprint density at radius 2 is 1.60 bits per heavy atom. The maximum absolute atomic E-state index is 14.3. The summed E-state index contributed by atoms with van der Waals surface area (Å²) in [6, 6.07) is -1.14. The fraction of sp³-hybridized carbons (Fsp3) is 0.773. The number of allylic oxidation sites excluding steroid dienone is 4. The quantitative estimate of drug-likeness (QED) is 0.185. The SMILES string of the molecule is C=CC[C@H]1C=C(C)C[C@H](C)C[C@H](OC)[C@H]2O[C@@](O)(C(=O)C(=O)N3CCCC[C@H]3C(=O)O[C@H](C(C)=C[C@@H]3CC[C@@H](O)[C@H](OC)C3)[C@H](C)[C@@H](O)CC1=O)[C@H](C)C[C@@H]2OC. The van der Waals surface area contributed by atoms with Gasteiger partial charge >= 0.3 is 5.97 Å². The molecule has 1 amide bonds. The van der Waals surface area contributed by atoms with Crippen molar-refractivity contribution in [3.05, 3.63) is 36.0 Å². The Morgan fingerprint density at radius 1 is 0.930 bits per heavy atom. The van der Waals surface area contributed by atoms with E-state index in [1.54, 1.807) is 27.0 Å². The van der Waals surface area contributed by atoms with E-state index in [1.807, 2.05) is 32.9 Å². The van der Waals surface area contributed by atoms with Gasteiger partial charge in [-0.05, 0) is 95.5 Å². The number of cyclic esters (lactones) is 1. The van der Waals surface area contributed by atoms with E-state index in [2.05, 4.69) is 6.58 Å². The molecule has 0 aromatic carbocycles. The Morgan fingerprint density at radius 3 is 2.25 bits per heavy atom. The highest BCUT2D eigenvalue weighted by Gasteiger charge is 2.56. The first-order valence-electron chi connectivity index (χ1n) is 20.9. The molecule has 57 heavy (non-hydrogen) atoms. The third kappa shape index (κ3) is 11.3. The van der Waals surface area contributed by atoms with Crippen molar-refractivity contribution >= 4 is 23.4 Å². The van der Waals surface area contributed by atoms with Crippen LogP contribution in [0.1, 0.15) is 105 Å². The van der Waals surface area contributed by atoms with Gasteiger partial charge in [0.1, 0.15) is 24.0 Å². The van der Waals surface area contributed by atoms with Gasteiger partial charge in [0.25, 0.3) is 11.7 Å². The van der Waals surface area contributed by atoms with Crippen LogP contribution in [-0.2, 0) is 42.9 Å². The van der Waals surface area contributed by atoms with Gasteiger partial charge in [-0.25, -0.2) is 4.79 Å². The lowest BCUT2D eigenvalue weighted by Crippen LogP contribution is -2.64. The lowest BCUT2D eigenvalue weighted by Gasteiger charge is -2.47. The van der Waals surface area contributed by atoms with Crippen LogP contribution in [0.15, 0.2) is 36.0 Å². The van der Waals surface area contributed by atoms with Crippen LogP contribution in [0.3, 0.4) is 0 Å². The second-order valence-corrected chi connectivity index (χ2v) is 17.3. The number of Topliss-reactive ketones (excluding diaryl/α,β-unsaturated/α-hetero) is 2. The number of piperidine rings is 1. The number of carbonyl (C=O) groups excluding carboxylic acids is 4. The van der Waals surface area contributed by atoms with Crippen LogP contribution in [0.2, 0.25) is 0 Å². The first kappa shape index (κ1) is 46.9. The van der Waals surface area contributed by atoms with Gasteiger partial charge in [0.05, 0.1) is 30.5 Å². The minimum absolute atomic E-state index is 0.00988. The highest BCUT2D eigenvalue weighted by molar-refractivity contribution is 6.39. The summed E-state index contributed by atoms with van der Waals surface area (Å²) in [5.74, 6) is -7.76. The first-order chi connectivity index (χ1) is 27.0. The maximum Gasteiger partial charge on any atom is 0.329 e. The van der Waals surface area contributed by atoms with E-state index >= 15 is 0 Å². The van der Waals surface area contributed by atoms with Crippen molar-refractivity contribution < 1.29 is 58.2 Å². The second-order valence-electron chi connectivity index (χ2n) is 17.3. The molecule has 0 aromatic heterocycles. The molecular formula is C44H69NO12. The molecule has 0 unspecified atom stereocenters. The number of carbonyl (C=O) groups is 4. The summed E-state index contributed by atoms with van der Waals surface area (Å²) < 4.78 is 29.7. The van der Waals surface area contributed by atoms with E-state index < -0.39 is 83.9 Å². The van der Waals surface area contributed by atoms with Crippen molar-refractivity contribution in [1.82, 2.24) is 4.90 Å². The van der Waals surface area contributed by atoms with Crippen LogP contribution in [0, 0.1) is 29.6 Å². The lowest BCUT2D eigenvalue weighted by atomic mass is 9.81. The number of hydrogen-bond acceptors (Lipinski definition) is 12. The molecular weight excluding hydrogens is 734 g/mol. The predicted molar refractivity (Wildman–Crippen MR) is 213 cm³/mol. The molecule has 0 spiro atoms. The zero-order chi connectivity index (χ0) is 42.2. The summed E-state index contributed by atoms with van der Waals surface area (Å²) in [6.45, 7) is 13.1. The third-order valence-corrected chi connectivity index (χ3v) is 12.9. The van der Waals surface area contributed by atoms with Crippen LogP contribution in [0.5, 0.6) is 0 Å². The van der Waals surface area contributed by atoms with E-state index in [0.29, 0.717) is 56.9 Å². The Kier molecular flexibility index (Phi) is 17.2. The molecule has 322 valence electrons. The molecule has 3 heterocycles. The van der Waals surface area contributed by atoms with E-state index in [-0.39, 0.29) is 49.5 Å². The molecule has 1 saturated carbocycles. The number of esters is 1. The topological polar surface area (TPSA) is 178 Å². The number of ketones is 2. The number of fused-ring (bicyclic) bond motifs is 3. The van der Waals surface area contributed by atoms with Gasteiger partial charge in [-0.2, -0.15) is 0 Å². The Hall–Kier alpha value is -2.78. The first-order valence-corrected chi connectivity index (χ1v) is 20.9. The number of hydrogen-bond donors (Lipinski definition) is 3. The Balaban J connectivity index is 1.78. The van der Waals surface area contributed by atoms with Gasteiger partial charge < -0.3 is 43.9 Å². The van der Waals surface area contributed by atoms with Crippen LogP contribution < -0.4 is 0 Å². The fourth-order valence-corrected chi connectivity index (χ4v) is 9.42. The predicted octanol–water partition coefficient (Wildman–Crippen LogP) is 4.64. The van der Waals surface area contributed by atoms with Crippen molar-refractivity contribution in [2.45, 2.75) is 160 Å². The van der Waals surface area contributed by atoms with Crippen LogP contribution in [0.4, 0.5) is 0 Å². The summed E-state index contributed by atoms with van der Waals surface area (Å²) >= 11 is 0. The minimum atomic E-state index is -2.51. The summed E-state index contributed by atoms with van der Waals surface area (Å²) in [5.41, 5.74) is 1.61. The molecule has 4 aliphatic rings. The van der Waals surface area contributed by atoms with E-state index in [9.17, 15) is 34.5 Å². The van der Waals surface area contributed by atoms with Gasteiger partial charge in [-0.1, -0.05) is 44.6 Å². The van der Waals surface area contributed by atoms with Gasteiger partial charge in [-0.15, -0.1) is 6.58 Å². The molecule has 1 aliphatic carbocycles. The molecule has 2 saturated heterocycles. The molecule has 2 bridgehead atoms. The minimum Gasteiger partial charge on any atom is -0.456 e. The second kappa shape index (κ2) is 21.0. The smallest absolute Gasteiger partial charge is 0.329 e. The van der Waals surface area contributed by atoms with E-state index in [0.717, 1.165) is 5.57 Å². The monoisotopic (exact) mass is 803 g/mol. The highest BCUT2D eigenvalue weighted by atomic mass is 16.7. The van der Waals surface area contributed by atoms with Crippen LogP contribution in [0.25, 0.3) is 0 Å². The zero-order valence-corrected chi connectivity index (χ0v) is 35.4. The molecule has 0 aromatic rings.